The van der Waals surface area contributed by atoms with Crippen molar-refractivity contribution in [2.45, 2.75) is 44.1 Å². The minimum Gasteiger partial charge on any atom is -0.391 e. The van der Waals surface area contributed by atoms with Gasteiger partial charge in [0.05, 0.1) is 11.5 Å². The number of hydrogen-bond acceptors (Lipinski definition) is 1. The fraction of sp³-hybridized carbons (Fsp3) is 0.467. The highest BCUT2D eigenvalue weighted by Crippen LogP contribution is 2.12. The Hall–Kier alpha value is -0.970. The Balaban J connectivity index is 3.77. The number of rotatable bonds is 8. The monoisotopic (exact) mass is 252 g/mol. The molecule has 0 amide bonds. The van der Waals surface area contributed by atoms with Gasteiger partial charge in [-0.1, -0.05) is 43.2 Å². The molecule has 0 aromatic carbocycles. The molecule has 17 heavy (non-hydrogen) atoms. The first kappa shape index (κ1) is 16.0. The molecular weight excluding hydrogens is 232 g/mol. The van der Waals surface area contributed by atoms with Crippen LogP contribution in [-0.4, -0.2) is 16.6 Å². The number of alkyl halides is 1. The highest BCUT2D eigenvalue weighted by atomic mass is 35.5. The number of aliphatic hydroxyl groups is 1. The van der Waals surface area contributed by atoms with E-state index in [0.29, 0.717) is 12.8 Å². The van der Waals surface area contributed by atoms with Crippen LogP contribution in [0.1, 0.15) is 32.6 Å². The first-order valence-corrected chi connectivity index (χ1v) is 6.39. The quantitative estimate of drug-likeness (QED) is 0.395. The SMILES string of the molecule is C#C/C=C/CC(O)C(Cl)C/C=C\C/C=C\CC. The van der Waals surface area contributed by atoms with Gasteiger partial charge in [0.25, 0.3) is 0 Å². The van der Waals surface area contributed by atoms with Crippen LogP contribution in [0, 0.1) is 12.3 Å². The van der Waals surface area contributed by atoms with Gasteiger partial charge in [-0.2, -0.15) is 0 Å². The third kappa shape index (κ3) is 9.93. The molecule has 0 aliphatic rings. The minimum atomic E-state index is -0.544. The van der Waals surface area contributed by atoms with Crippen LogP contribution >= 0.6 is 11.6 Å². The normalized spacial score (nSPS) is 15.6. The van der Waals surface area contributed by atoms with Crippen LogP contribution in [0.25, 0.3) is 0 Å². The zero-order chi connectivity index (χ0) is 12.9. The Morgan fingerprint density at radius 2 is 1.88 bits per heavy atom. The topological polar surface area (TPSA) is 20.2 Å². The third-order valence-corrected chi connectivity index (χ3v) is 2.68. The Kier molecular flexibility index (Phi) is 10.9. The van der Waals surface area contributed by atoms with Crippen LogP contribution in [-0.2, 0) is 0 Å². The van der Waals surface area contributed by atoms with Gasteiger partial charge in [0.1, 0.15) is 0 Å². The van der Waals surface area contributed by atoms with E-state index < -0.39 is 6.10 Å². The Morgan fingerprint density at radius 3 is 2.53 bits per heavy atom. The molecule has 1 N–H and O–H groups in total. The highest BCUT2D eigenvalue weighted by molar-refractivity contribution is 6.21. The minimum absolute atomic E-state index is 0.260. The van der Waals surface area contributed by atoms with Crippen LogP contribution in [0.15, 0.2) is 36.5 Å². The lowest BCUT2D eigenvalue weighted by molar-refractivity contribution is 0.172. The van der Waals surface area contributed by atoms with Gasteiger partial charge in [-0.3, -0.25) is 0 Å². The maximum Gasteiger partial charge on any atom is 0.0741 e. The van der Waals surface area contributed by atoms with Crippen molar-refractivity contribution in [3.05, 3.63) is 36.5 Å². The Bertz CT molecular complexity index is 297. The van der Waals surface area contributed by atoms with E-state index in [-0.39, 0.29) is 5.38 Å². The lowest BCUT2D eigenvalue weighted by Crippen LogP contribution is -2.19. The molecule has 2 heteroatoms. The number of halogens is 1. The van der Waals surface area contributed by atoms with Gasteiger partial charge in [0.15, 0.2) is 0 Å². The number of aliphatic hydroxyl groups excluding tert-OH is 1. The molecule has 0 aromatic rings. The molecule has 1 nitrogen and oxygen atoms in total. The van der Waals surface area contributed by atoms with E-state index in [9.17, 15) is 5.11 Å². The number of terminal acetylenes is 1. The number of allylic oxidation sites excluding steroid dienone is 5. The Labute approximate surface area is 110 Å². The molecule has 0 saturated carbocycles. The van der Waals surface area contributed by atoms with E-state index in [4.69, 9.17) is 18.0 Å². The zero-order valence-electron chi connectivity index (χ0n) is 10.3. The maximum atomic E-state index is 9.69. The fourth-order valence-corrected chi connectivity index (χ4v) is 1.45. The lowest BCUT2D eigenvalue weighted by Gasteiger charge is -2.12. The van der Waals surface area contributed by atoms with E-state index in [1.807, 2.05) is 6.08 Å². The summed E-state index contributed by atoms with van der Waals surface area (Å²) in [6, 6.07) is 0. The average molecular weight is 253 g/mol. The standard InChI is InChI=1S/C15H21ClO/c1-3-5-7-8-9-11-12-14(16)15(17)13-10-6-4-2/h2,5-7,9-11,14-15,17H,3,8,12-13H2,1H3/b7-5-,10-6+,11-9-. The van der Waals surface area contributed by atoms with E-state index in [1.165, 1.54) is 0 Å². The van der Waals surface area contributed by atoms with Crippen LogP contribution < -0.4 is 0 Å². The molecular formula is C15H21ClO. The summed E-state index contributed by atoms with van der Waals surface area (Å²) < 4.78 is 0. The predicted octanol–water partition coefficient (Wildman–Crippen LogP) is 3.84. The van der Waals surface area contributed by atoms with E-state index in [2.05, 4.69) is 31.1 Å². The fourth-order valence-electron chi connectivity index (χ4n) is 1.24. The van der Waals surface area contributed by atoms with Gasteiger partial charge >= 0.3 is 0 Å². The second-order valence-corrected chi connectivity index (χ2v) is 4.27. The van der Waals surface area contributed by atoms with Gasteiger partial charge < -0.3 is 5.11 Å². The summed E-state index contributed by atoms with van der Waals surface area (Å²) in [5.74, 6) is 2.38. The molecule has 0 aliphatic heterocycles. The van der Waals surface area contributed by atoms with Crippen LogP contribution in [0.2, 0.25) is 0 Å². The highest BCUT2D eigenvalue weighted by Gasteiger charge is 2.12. The largest absolute Gasteiger partial charge is 0.391 e. The molecule has 0 aliphatic carbocycles. The molecule has 0 spiro atoms. The summed E-state index contributed by atoms with van der Waals surface area (Å²) in [4.78, 5) is 0. The van der Waals surface area contributed by atoms with Crippen molar-refractivity contribution in [3.63, 3.8) is 0 Å². The summed E-state index contributed by atoms with van der Waals surface area (Å²) in [5.41, 5.74) is 0. The summed E-state index contributed by atoms with van der Waals surface area (Å²) in [5, 5.41) is 9.43. The van der Waals surface area contributed by atoms with Crippen LogP contribution in [0.5, 0.6) is 0 Å². The lowest BCUT2D eigenvalue weighted by atomic mass is 10.1. The summed E-state index contributed by atoms with van der Waals surface area (Å²) in [6.45, 7) is 2.11. The summed E-state index contributed by atoms with van der Waals surface area (Å²) in [6.07, 6.45) is 19.3. The van der Waals surface area contributed by atoms with Gasteiger partial charge in [0.2, 0.25) is 0 Å². The first-order valence-electron chi connectivity index (χ1n) is 5.95. The van der Waals surface area contributed by atoms with Gasteiger partial charge in [0, 0.05) is 0 Å². The zero-order valence-corrected chi connectivity index (χ0v) is 11.1. The van der Waals surface area contributed by atoms with E-state index >= 15 is 0 Å². The maximum absolute atomic E-state index is 9.69. The molecule has 0 bridgehead atoms. The average Bonchev–Trinajstić information content (AvgIpc) is 2.33. The molecule has 0 heterocycles. The van der Waals surface area contributed by atoms with Crippen molar-refractivity contribution in [1.29, 1.82) is 0 Å². The van der Waals surface area contributed by atoms with Crippen molar-refractivity contribution >= 4 is 11.6 Å². The molecule has 2 unspecified atom stereocenters. The molecule has 0 saturated heterocycles. The molecule has 0 fully saturated rings. The second kappa shape index (κ2) is 11.5. The van der Waals surface area contributed by atoms with E-state index in [0.717, 1.165) is 12.8 Å². The molecule has 0 rings (SSSR count). The molecule has 0 aromatic heterocycles. The van der Waals surface area contributed by atoms with Crippen molar-refractivity contribution in [2.24, 2.45) is 0 Å². The van der Waals surface area contributed by atoms with Crippen LogP contribution in [0.3, 0.4) is 0 Å². The molecule has 94 valence electrons. The third-order valence-electron chi connectivity index (χ3n) is 2.21. The van der Waals surface area contributed by atoms with Gasteiger partial charge in [-0.25, -0.2) is 0 Å². The Morgan fingerprint density at radius 1 is 1.18 bits per heavy atom. The van der Waals surface area contributed by atoms with Crippen molar-refractivity contribution in [3.8, 4) is 12.3 Å². The van der Waals surface area contributed by atoms with Gasteiger partial charge in [-0.05, 0) is 31.8 Å². The van der Waals surface area contributed by atoms with Crippen molar-refractivity contribution in [1.82, 2.24) is 0 Å². The number of hydrogen-bond donors (Lipinski definition) is 1. The summed E-state index contributed by atoms with van der Waals surface area (Å²) in [7, 11) is 0. The molecule has 0 radical (unpaired) electrons. The van der Waals surface area contributed by atoms with E-state index in [1.54, 1.807) is 12.2 Å². The second-order valence-electron chi connectivity index (χ2n) is 3.71. The first-order chi connectivity index (χ1) is 8.22. The molecule has 2 atom stereocenters. The van der Waals surface area contributed by atoms with Crippen LogP contribution in [0.4, 0.5) is 0 Å². The van der Waals surface area contributed by atoms with Crippen molar-refractivity contribution < 1.29 is 5.11 Å². The smallest absolute Gasteiger partial charge is 0.0741 e. The van der Waals surface area contributed by atoms with Gasteiger partial charge in [-0.15, -0.1) is 18.0 Å². The summed E-state index contributed by atoms with van der Waals surface area (Å²) >= 11 is 6.05. The van der Waals surface area contributed by atoms with Crippen molar-refractivity contribution in [2.75, 3.05) is 0 Å². The predicted molar refractivity (Wildman–Crippen MR) is 76.0 cm³/mol.